The molecular weight excluding hydrogens is 240 g/mol. The molecule has 2 rings (SSSR count). The van der Waals surface area contributed by atoms with E-state index in [2.05, 4.69) is 19.2 Å². The van der Waals surface area contributed by atoms with Gasteiger partial charge >= 0.3 is 0 Å². The van der Waals surface area contributed by atoms with Crippen molar-refractivity contribution in [3.05, 3.63) is 29.8 Å². The Morgan fingerprint density at radius 3 is 2.84 bits per heavy atom. The third-order valence-corrected chi connectivity index (χ3v) is 3.79. The molecule has 4 heteroatoms. The van der Waals surface area contributed by atoms with Gasteiger partial charge in [-0.1, -0.05) is 26.0 Å². The van der Waals surface area contributed by atoms with E-state index in [-0.39, 0.29) is 11.7 Å². The van der Waals surface area contributed by atoms with E-state index in [0.717, 1.165) is 26.1 Å². The van der Waals surface area contributed by atoms with Gasteiger partial charge in [-0.3, -0.25) is 4.79 Å². The van der Waals surface area contributed by atoms with Crippen molar-refractivity contribution < 1.29 is 9.90 Å². The van der Waals surface area contributed by atoms with Crippen molar-refractivity contribution in [3.63, 3.8) is 0 Å². The number of nitrogens with zero attached hydrogens (tertiary/aromatic N) is 1. The van der Waals surface area contributed by atoms with Crippen molar-refractivity contribution in [2.75, 3.05) is 19.6 Å². The highest BCUT2D eigenvalue weighted by atomic mass is 16.3. The number of aromatic hydroxyl groups is 1. The van der Waals surface area contributed by atoms with Crippen molar-refractivity contribution in [2.24, 2.45) is 5.92 Å². The quantitative estimate of drug-likeness (QED) is 0.874. The molecule has 1 aromatic carbocycles. The summed E-state index contributed by atoms with van der Waals surface area (Å²) in [5.74, 6) is 0.428. The monoisotopic (exact) mass is 262 g/mol. The van der Waals surface area contributed by atoms with Crippen molar-refractivity contribution in [1.82, 2.24) is 10.2 Å². The number of amides is 1. The third kappa shape index (κ3) is 3.07. The Hall–Kier alpha value is -1.55. The fraction of sp³-hybridized carbons (Fsp3) is 0.533. The highest BCUT2D eigenvalue weighted by Crippen LogP contribution is 2.22. The second kappa shape index (κ2) is 6.06. The van der Waals surface area contributed by atoms with E-state index in [1.165, 1.54) is 0 Å². The van der Waals surface area contributed by atoms with E-state index in [1.807, 2.05) is 4.90 Å². The van der Waals surface area contributed by atoms with Crippen LogP contribution in [0.3, 0.4) is 0 Å². The van der Waals surface area contributed by atoms with Crippen LogP contribution < -0.4 is 5.32 Å². The number of rotatable bonds is 3. The Kier molecular flexibility index (Phi) is 4.43. The number of carbonyl (C=O) groups excluding carboxylic acids is 1. The second-order valence-corrected chi connectivity index (χ2v) is 5.20. The molecule has 0 saturated carbocycles. The predicted octanol–water partition coefficient (Wildman–Crippen LogP) is 1.85. The molecule has 104 valence electrons. The van der Waals surface area contributed by atoms with Gasteiger partial charge in [-0.25, -0.2) is 0 Å². The first-order valence-corrected chi connectivity index (χ1v) is 6.94. The lowest BCUT2D eigenvalue weighted by Crippen LogP contribution is -2.50. The van der Waals surface area contributed by atoms with Crippen LogP contribution in [0.2, 0.25) is 0 Å². The topological polar surface area (TPSA) is 52.6 Å². The van der Waals surface area contributed by atoms with Crippen molar-refractivity contribution in [1.29, 1.82) is 0 Å². The minimum Gasteiger partial charge on any atom is -0.507 e. The van der Waals surface area contributed by atoms with Gasteiger partial charge in [0, 0.05) is 19.1 Å². The molecule has 1 heterocycles. The SMILES string of the molecule is CCNC1CCN(C(=O)c2ccccc2O)CC1C. The molecule has 0 aliphatic carbocycles. The van der Waals surface area contributed by atoms with Gasteiger partial charge in [0.1, 0.15) is 5.75 Å². The summed E-state index contributed by atoms with van der Waals surface area (Å²) < 4.78 is 0. The second-order valence-electron chi connectivity index (χ2n) is 5.20. The zero-order valence-corrected chi connectivity index (χ0v) is 11.6. The summed E-state index contributed by atoms with van der Waals surface area (Å²) in [6.45, 7) is 6.71. The van der Waals surface area contributed by atoms with Crippen LogP contribution in [-0.2, 0) is 0 Å². The average molecular weight is 262 g/mol. The third-order valence-electron chi connectivity index (χ3n) is 3.79. The number of benzene rings is 1. The van der Waals surface area contributed by atoms with Gasteiger partial charge in [-0.15, -0.1) is 0 Å². The maximum Gasteiger partial charge on any atom is 0.257 e. The van der Waals surface area contributed by atoms with Gasteiger partial charge in [0.15, 0.2) is 0 Å². The number of hydrogen-bond acceptors (Lipinski definition) is 3. The van der Waals surface area contributed by atoms with Crippen LogP contribution in [0, 0.1) is 5.92 Å². The minimum absolute atomic E-state index is 0.0639. The summed E-state index contributed by atoms with van der Waals surface area (Å²) in [6.07, 6.45) is 0.967. The number of phenols is 1. The first-order chi connectivity index (χ1) is 9.13. The van der Waals surface area contributed by atoms with Gasteiger partial charge in [0.25, 0.3) is 5.91 Å². The molecule has 1 amide bonds. The number of carbonyl (C=O) groups is 1. The first kappa shape index (κ1) is 13.9. The van der Waals surface area contributed by atoms with E-state index in [1.54, 1.807) is 24.3 Å². The Labute approximate surface area is 114 Å². The molecule has 1 fully saturated rings. The molecule has 1 aromatic rings. The van der Waals surface area contributed by atoms with Crippen molar-refractivity contribution >= 4 is 5.91 Å². The van der Waals surface area contributed by atoms with Crippen LogP contribution in [0.15, 0.2) is 24.3 Å². The maximum absolute atomic E-state index is 12.4. The van der Waals surface area contributed by atoms with E-state index in [9.17, 15) is 9.90 Å². The predicted molar refractivity (Wildman–Crippen MR) is 75.3 cm³/mol. The summed E-state index contributed by atoms with van der Waals surface area (Å²) in [4.78, 5) is 14.2. The fourth-order valence-electron chi connectivity index (χ4n) is 2.72. The molecule has 2 unspecified atom stereocenters. The minimum atomic E-state index is -0.0695. The van der Waals surface area contributed by atoms with E-state index in [0.29, 0.717) is 17.5 Å². The molecule has 19 heavy (non-hydrogen) atoms. The average Bonchev–Trinajstić information content (AvgIpc) is 2.41. The van der Waals surface area contributed by atoms with E-state index >= 15 is 0 Å². The molecule has 0 bridgehead atoms. The largest absolute Gasteiger partial charge is 0.507 e. The van der Waals surface area contributed by atoms with Crippen LogP contribution in [0.4, 0.5) is 0 Å². The normalized spacial score (nSPS) is 23.4. The number of nitrogens with one attached hydrogen (secondary N) is 1. The summed E-state index contributed by atoms with van der Waals surface area (Å²) in [5, 5.41) is 13.2. The first-order valence-electron chi connectivity index (χ1n) is 6.94. The van der Waals surface area contributed by atoms with Crippen LogP contribution in [0.1, 0.15) is 30.6 Å². The van der Waals surface area contributed by atoms with E-state index < -0.39 is 0 Å². The molecule has 1 aliphatic heterocycles. The van der Waals surface area contributed by atoms with E-state index in [4.69, 9.17) is 0 Å². The Bertz CT molecular complexity index is 448. The van der Waals surface area contributed by atoms with Crippen molar-refractivity contribution in [3.8, 4) is 5.75 Å². The molecule has 2 N–H and O–H groups in total. The highest BCUT2D eigenvalue weighted by molar-refractivity contribution is 5.96. The molecule has 0 aromatic heterocycles. The zero-order chi connectivity index (χ0) is 13.8. The number of likely N-dealkylation sites (tertiary alicyclic amines) is 1. The van der Waals surface area contributed by atoms with Gasteiger partial charge in [0.05, 0.1) is 5.56 Å². The van der Waals surface area contributed by atoms with Gasteiger partial charge < -0.3 is 15.3 Å². The number of hydrogen-bond donors (Lipinski definition) is 2. The molecular formula is C15H22N2O2. The van der Waals surface area contributed by atoms with Crippen LogP contribution >= 0.6 is 0 Å². The molecule has 2 atom stereocenters. The molecule has 1 aliphatic rings. The standard InChI is InChI=1S/C15H22N2O2/c1-3-16-13-8-9-17(10-11(13)2)15(19)12-6-4-5-7-14(12)18/h4-7,11,13,16,18H,3,8-10H2,1-2H3. The Morgan fingerprint density at radius 2 is 2.21 bits per heavy atom. The molecule has 4 nitrogen and oxygen atoms in total. The fourth-order valence-corrected chi connectivity index (χ4v) is 2.72. The summed E-state index contributed by atoms with van der Waals surface area (Å²) in [6, 6.07) is 7.23. The smallest absolute Gasteiger partial charge is 0.257 e. The van der Waals surface area contributed by atoms with Crippen LogP contribution in [-0.4, -0.2) is 41.6 Å². The van der Waals surface area contributed by atoms with Gasteiger partial charge in [0.2, 0.25) is 0 Å². The lowest BCUT2D eigenvalue weighted by Gasteiger charge is -2.37. The van der Waals surface area contributed by atoms with Crippen LogP contribution in [0.5, 0.6) is 5.75 Å². The number of para-hydroxylation sites is 1. The highest BCUT2D eigenvalue weighted by Gasteiger charge is 2.29. The van der Waals surface area contributed by atoms with Gasteiger partial charge in [-0.05, 0) is 31.0 Å². The van der Waals surface area contributed by atoms with Gasteiger partial charge in [-0.2, -0.15) is 0 Å². The lowest BCUT2D eigenvalue weighted by atomic mass is 9.93. The van der Waals surface area contributed by atoms with Crippen LogP contribution in [0.25, 0.3) is 0 Å². The maximum atomic E-state index is 12.4. The lowest BCUT2D eigenvalue weighted by molar-refractivity contribution is 0.0643. The molecule has 1 saturated heterocycles. The Balaban J connectivity index is 2.04. The number of phenolic OH excluding ortho intramolecular Hbond substituents is 1. The zero-order valence-electron chi connectivity index (χ0n) is 11.6. The molecule has 0 spiro atoms. The molecule has 0 radical (unpaired) electrons. The summed E-state index contributed by atoms with van der Waals surface area (Å²) in [7, 11) is 0. The number of piperidine rings is 1. The van der Waals surface area contributed by atoms with Crippen molar-refractivity contribution in [2.45, 2.75) is 26.3 Å². The Morgan fingerprint density at radius 1 is 1.47 bits per heavy atom. The summed E-state index contributed by atoms with van der Waals surface area (Å²) >= 11 is 0. The summed E-state index contributed by atoms with van der Waals surface area (Å²) in [5.41, 5.74) is 0.400.